The van der Waals surface area contributed by atoms with Crippen LogP contribution in [0.1, 0.15) is 25.3 Å². The van der Waals surface area contributed by atoms with Gasteiger partial charge in [-0.25, -0.2) is 22.4 Å². The first kappa shape index (κ1) is 22.8. The zero-order chi connectivity index (χ0) is 18.5. The molecule has 0 bridgehead atoms. The first-order chi connectivity index (χ1) is 12.3. The predicted molar refractivity (Wildman–Crippen MR) is 121 cm³/mol. The van der Waals surface area contributed by atoms with Crippen molar-refractivity contribution in [2.75, 3.05) is 5.32 Å². The zero-order valence-electron chi connectivity index (χ0n) is 15.5. The fraction of sp³-hybridized carbons (Fsp3) is 0.333. The summed E-state index contributed by atoms with van der Waals surface area (Å²) < 4.78 is 27.2. The van der Waals surface area contributed by atoms with Crippen molar-refractivity contribution in [2.24, 2.45) is 5.73 Å². The van der Waals surface area contributed by atoms with Crippen LogP contribution in [0.4, 0.5) is 5.82 Å². The number of aromatic nitrogens is 3. The first-order valence-electron chi connectivity index (χ1n) is 8.47. The van der Waals surface area contributed by atoms with Crippen LogP contribution in [-0.2, 0) is 10.0 Å². The van der Waals surface area contributed by atoms with E-state index in [9.17, 15) is 8.42 Å². The molecule has 10 heteroatoms. The molecule has 2 heterocycles. The van der Waals surface area contributed by atoms with E-state index in [1.165, 1.54) is 16.5 Å². The molecule has 1 aliphatic carbocycles. The van der Waals surface area contributed by atoms with Crippen LogP contribution in [0.15, 0.2) is 47.8 Å². The fourth-order valence-corrected chi connectivity index (χ4v) is 4.83. The molecule has 2 aromatic heterocycles. The van der Waals surface area contributed by atoms with Gasteiger partial charge in [0.05, 0.1) is 10.3 Å². The lowest BCUT2D eigenvalue weighted by Gasteiger charge is -2.44. The Morgan fingerprint density at radius 2 is 1.79 bits per heavy atom. The quantitative estimate of drug-likeness (QED) is 0.533. The molecule has 3 aromatic rings. The summed E-state index contributed by atoms with van der Waals surface area (Å²) in [5.74, 6) is 0.627. The van der Waals surface area contributed by atoms with Crippen LogP contribution in [0, 0.1) is 6.92 Å². The third-order valence-corrected chi connectivity index (χ3v) is 6.55. The number of rotatable bonds is 4. The monoisotopic (exact) mass is 531 g/mol. The van der Waals surface area contributed by atoms with Crippen molar-refractivity contribution in [1.82, 2.24) is 13.9 Å². The van der Waals surface area contributed by atoms with Crippen LogP contribution in [0.3, 0.4) is 0 Å². The van der Waals surface area contributed by atoms with Crippen molar-refractivity contribution >= 4 is 60.8 Å². The number of halogens is 2. The summed E-state index contributed by atoms with van der Waals surface area (Å²) in [4.78, 5) is 8.74. The molecule has 28 heavy (non-hydrogen) atoms. The highest BCUT2D eigenvalue weighted by Crippen LogP contribution is 2.35. The molecule has 1 saturated carbocycles. The number of benzene rings is 1. The van der Waals surface area contributed by atoms with Crippen molar-refractivity contribution in [3.63, 3.8) is 0 Å². The van der Waals surface area contributed by atoms with Gasteiger partial charge in [0.2, 0.25) is 0 Å². The number of nitrogens with one attached hydrogen (secondary N) is 1. The molecule has 1 aliphatic rings. The Morgan fingerprint density at radius 3 is 2.39 bits per heavy atom. The number of nitrogens with zero attached hydrogens (tertiary/aromatic N) is 3. The molecule has 0 atom stereocenters. The minimum absolute atomic E-state index is 0. The first-order valence-corrected chi connectivity index (χ1v) is 9.91. The van der Waals surface area contributed by atoms with Gasteiger partial charge in [-0.2, -0.15) is 0 Å². The van der Waals surface area contributed by atoms with Crippen LogP contribution in [-0.4, -0.2) is 33.9 Å². The summed E-state index contributed by atoms with van der Waals surface area (Å²) in [5, 5.41) is 4.07. The van der Waals surface area contributed by atoms with Gasteiger partial charge in [0.25, 0.3) is 10.0 Å². The van der Waals surface area contributed by atoms with Crippen molar-refractivity contribution in [1.29, 1.82) is 0 Å². The summed E-state index contributed by atoms with van der Waals surface area (Å²) in [5.41, 5.74) is 7.13. The van der Waals surface area contributed by atoms with E-state index in [2.05, 4.69) is 22.2 Å². The molecular formula is C18H23Br2N5O2S. The molecule has 4 rings (SSSR count). The number of aryl methyl sites for hydroxylation is 1. The minimum atomic E-state index is -3.72. The molecule has 3 N–H and O–H groups in total. The van der Waals surface area contributed by atoms with Crippen molar-refractivity contribution < 1.29 is 8.42 Å². The number of hydrogen-bond donors (Lipinski definition) is 2. The lowest BCUT2D eigenvalue weighted by Crippen LogP contribution is -2.54. The standard InChI is InChI=1S/C18H21N5O2S.2BrH/c1-12-3-5-14(6-4-12)26(24,25)23-8-7-15-16(20-11-21-17(15)23)22-18(2)9-13(19)10-18;;/h3-8,11,13H,9-10,19H2,1-2H3,(H,20,21,22);2*1H. The van der Waals surface area contributed by atoms with Crippen LogP contribution >= 0.6 is 34.0 Å². The zero-order valence-corrected chi connectivity index (χ0v) is 19.7. The number of anilines is 1. The third-order valence-electron chi connectivity index (χ3n) is 4.87. The Balaban J connectivity index is 0.00000140. The van der Waals surface area contributed by atoms with Crippen LogP contribution < -0.4 is 11.1 Å². The van der Waals surface area contributed by atoms with Gasteiger partial charge in [-0.15, -0.1) is 34.0 Å². The van der Waals surface area contributed by atoms with Gasteiger partial charge in [-0.3, -0.25) is 0 Å². The second-order valence-corrected chi connectivity index (χ2v) is 9.06. The highest BCUT2D eigenvalue weighted by Gasteiger charge is 2.38. The van der Waals surface area contributed by atoms with Gasteiger partial charge in [0, 0.05) is 17.8 Å². The molecule has 0 amide bonds. The molecule has 0 radical (unpaired) electrons. The average Bonchev–Trinajstić information content (AvgIpc) is 3.00. The summed E-state index contributed by atoms with van der Waals surface area (Å²) in [6.07, 6.45) is 4.60. The van der Waals surface area contributed by atoms with Gasteiger partial charge in [0.1, 0.15) is 12.1 Å². The number of nitrogens with two attached hydrogens (primary N) is 1. The lowest BCUT2D eigenvalue weighted by atomic mass is 9.74. The van der Waals surface area contributed by atoms with Gasteiger partial charge < -0.3 is 11.1 Å². The SMILES string of the molecule is Br.Br.Cc1ccc(S(=O)(=O)n2ccc3c(NC4(C)CC(N)C4)ncnc32)cc1. The van der Waals surface area contributed by atoms with E-state index in [0.29, 0.717) is 16.9 Å². The van der Waals surface area contributed by atoms with E-state index in [1.54, 1.807) is 30.3 Å². The van der Waals surface area contributed by atoms with Crippen molar-refractivity contribution in [2.45, 2.75) is 43.2 Å². The highest BCUT2D eigenvalue weighted by molar-refractivity contribution is 8.93. The Bertz CT molecular complexity index is 1080. The van der Waals surface area contributed by atoms with Gasteiger partial charge in [0.15, 0.2) is 5.65 Å². The molecule has 0 saturated heterocycles. The van der Waals surface area contributed by atoms with E-state index >= 15 is 0 Å². The summed E-state index contributed by atoms with van der Waals surface area (Å²) >= 11 is 0. The maximum Gasteiger partial charge on any atom is 0.269 e. The fourth-order valence-electron chi connectivity index (χ4n) is 3.53. The average molecular weight is 533 g/mol. The molecule has 7 nitrogen and oxygen atoms in total. The van der Waals surface area contributed by atoms with Crippen molar-refractivity contribution in [3.05, 3.63) is 48.4 Å². The Hall–Kier alpha value is -1.49. The maximum atomic E-state index is 13.0. The van der Waals surface area contributed by atoms with Crippen LogP contribution in [0.5, 0.6) is 0 Å². The molecule has 0 spiro atoms. The summed E-state index contributed by atoms with van der Waals surface area (Å²) in [7, 11) is -3.72. The van der Waals surface area contributed by atoms with Gasteiger partial charge in [-0.1, -0.05) is 17.7 Å². The molecule has 0 aliphatic heterocycles. The van der Waals surface area contributed by atoms with Crippen LogP contribution in [0.2, 0.25) is 0 Å². The molecule has 0 unspecified atom stereocenters. The van der Waals surface area contributed by atoms with E-state index in [1.807, 2.05) is 6.92 Å². The predicted octanol–water partition coefficient (Wildman–Crippen LogP) is 3.42. The third kappa shape index (κ3) is 3.96. The molecular weight excluding hydrogens is 510 g/mol. The Morgan fingerprint density at radius 1 is 1.14 bits per heavy atom. The minimum Gasteiger partial charge on any atom is -0.364 e. The summed E-state index contributed by atoms with van der Waals surface area (Å²) in [6.45, 7) is 4.00. The van der Waals surface area contributed by atoms with E-state index in [-0.39, 0.29) is 50.4 Å². The van der Waals surface area contributed by atoms with E-state index < -0.39 is 10.0 Å². The number of hydrogen-bond acceptors (Lipinski definition) is 6. The highest BCUT2D eigenvalue weighted by atomic mass is 79.9. The Kier molecular flexibility index (Phi) is 6.59. The van der Waals surface area contributed by atoms with Crippen molar-refractivity contribution in [3.8, 4) is 0 Å². The van der Waals surface area contributed by atoms with Gasteiger partial charge >= 0.3 is 0 Å². The van der Waals surface area contributed by atoms with E-state index in [0.717, 1.165) is 18.4 Å². The second kappa shape index (κ2) is 8.10. The molecule has 1 aromatic carbocycles. The van der Waals surface area contributed by atoms with Gasteiger partial charge in [-0.05, 0) is 44.9 Å². The Labute approximate surface area is 185 Å². The normalized spacial score (nSPS) is 21.3. The number of fused-ring (bicyclic) bond motifs is 1. The largest absolute Gasteiger partial charge is 0.364 e. The lowest BCUT2D eigenvalue weighted by molar-refractivity contribution is 0.258. The summed E-state index contributed by atoms with van der Waals surface area (Å²) in [6, 6.07) is 8.69. The van der Waals surface area contributed by atoms with E-state index in [4.69, 9.17) is 5.73 Å². The molecule has 1 fully saturated rings. The maximum absolute atomic E-state index is 13.0. The second-order valence-electron chi connectivity index (χ2n) is 7.24. The smallest absolute Gasteiger partial charge is 0.269 e. The topological polar surface area (TPSA) is 103 Å². The van der Waals surface area contributed by atoms with Crippen LogP contribution in [0.25, 0.3) is 11.0 Å². The molecule has 152 valence electrons.